The minimum Gasteiger partial charge on any atom is -0.494 e. The van der Waals surface area contributed by atoms with Crippen molar-refractivity contribution < 1.29 is 31.9 Å². The lowest BCUT2D eigenvalue weighted by Gasteiger charge is -2.14. The van der Waals surface area contributed by atoms with Crippen molar-refractivity contribution >= 4 is 33.5 Å². The lowest BCUT2D eigenvalue weighted by Crippen LogP contribution is -2.30. The lowest BCUT2D eigenvalue weighted by atomic mass is 10.2. The van der Waals surface area contributed by atoms with Gasteiger partial charge in [0.25, 0.3) is 15.9 Å². The molecule has 3 rings (SSSR count). The van der Waals surface area contributed by atoms with Gasteiger partial charge in [0.2, 0.25) is 5.95 Å². The second kappa shape index (κ2) is 10.0. The number of hydrogen-bond acceptors (Lipinski definition) is 8. The summed E-state index contributed by atoms with van der Waals surface area (Å²) in [5.41, 5.74) is 0.186. The summed E-state index contributed by atoms with van der Waals surface area (Å²) in [6.45, 7) is 1.34. The molecule has 2 N–H and O–H groups in total. The van der Waals surface area contributed by atoms with Gasteiger partial charge in [-0.3, -0.25) is 4.79 Å². The number of esters is 1. The largest absolute Gasteiger partial charge is 0.494 e. The van der Waals surface area contributed by atoms with Gasteiger partial charge in [-0.2, -0.15) is 0 Å². The van der Waals surface area contributed by atoms with Crippen LogP contribution in [0.3, 0.4) is 0 Å². The number of aromatic nitrogens is 2. The normalized spacial score (nSPS) is 11.8. The van der Waals surface area contributed by atoms with E-state index in [9.17, 15) is 22.4 Å². The molecule has 33 heavy (non-hydrogen) atoms. The molecule has 0 saturated carbocycles. The highest BCUT2D eigenvalue weighted by molar-refractivity contribution is 7.92. The zero-order valence-electron chi connectivity index (χ0n) is 17.5. The number of anilines is 2. The molecule has 0 unspecified atom stereocenters. The number of methoxy groups -OCH3 is 1. The number of nitrogens with one attached hydrogen (secondary N) is 2. The Labute approximate surface area is 188 Å². The summed E-state index contributed by atoms with van der Waals surface area (Å²) in [5.74, 6) is -2.41. The number of carbonyl (C=O) groups excluding carboxylic acids is 2. The Kier molecular flexibility index (Phi) is 7.18. The summed E-state index contributed by atoms with van der Waals surface area (Å²) < 4.78 is 50.6. The highest BCUT2D eigenvalue weighted by Crippen LogP contribution is 2.19. The van der Waals surface area contributed by atoms with E-state index in [1.54, 1.807) is 6.07 Å². The Hall–Kier alpha value is -4.06. The minimum atomic E-state index is -3.93. The average Bonchev–Trinajstić information content (AvgIpc) is 2.79. The van der Waals surface area contributed by atoms with Crippen LogP contribution in [-0.4, -0.2) is 43.5 Å². The minimum absolute atomic E-state index is 0.0331. The van der Waals surface area contributed by atoms with Crippen LogP contribution in [0.25, 0.3) is 0 Å². The van der Waals surface area contributed by atoms with Crippen molar-refractivity contribution in [2.45, 2.75) is 17.9 Å². The maximum Gasteiger partial charge on any atom is 0.339 e. The fraction of sp³-hybridized carbons (Fsp3) is 0.143. The van der Waals surface area contributed by atoms with E-state index in [1.807, 2.05) is 0 Å². The molecule has 0 aliphatic heterocycles. The van der Waals surface area contributed by atoms with Gasteiger partial charge in [-0.1, -0.05) is 0 Å². The van der Waals surface area contributed by atoms with Crippen LogP contribution in [0.15, 0.2) is 65.8 Å². The molecule has 0 bridgehead atoms. The summed E-state index contributed by atoms with van der Waals surface area (Å²) in [6.07, 6.45) is 1.58. The van der Waals surface area contributed by atoms with Gasteiger partial charge < -0.3 is 14.8 Å². The van der Waals surface area contributed by atoms with Gasteiger partial charge in [-0.25, -0.2) is 32.3 Å². The second-order valence-electron chi connectivity index (χ2n) is 6.59. The fourth-order valence-corrected chi connectivity index (χ4v) is 3.53. The van der Waals surface area contributed by atoms with Gasteiger partial charge >= 0.3 is 5.97 Å². The molecule has 1 heterocycles. The van der Waals surface area contributed by atoms with E-state index >= 15 is 0 Å². The summed E-state index contributed by atoms with van der Waals surface area (Å²) in [5, 5.41) is 2.51. The van der Waals surface area contributed by atoms with E-state index in [1.165, 1.54) is 62.8 Å². The summed E-state index contributed by atoms with van der Waals surface area (Å²) in [6, 6.07) is 10.3. The average molecular weight is 474 g/mol. The van der Waals surface area contributed by atoms with E-state index in [4.69, 9.17) is 9.47 Å². The Morgan fingerprint density at radius 1 is 1.06 bits per heavy atom. The number of sulfonamides is 1. The molecule has 0 radical (unpaired) electrons. The number of rotatable bonds is 8. The monoisotopic (exact) mass is 474 g/mol. The smallest absolute Gasteiger partial charge is 0.339 e. The van der Waals surface area contributed by atoms with Crippen LogP contribution in [0.1, 0.15) is 17.3 Å². The molecule has 2 aromatic carbocycles. The third kappa shape index (κ3) is 6.01. The molecule has 10 nitrogen and oxygen atoms in total. The second-order valence-corrected chi connectivity index (χ2v) is 8.27. The van der Waals surface area contributed by atoms with Crippen LogP contribution >= 0.6 is 0 Å². The predicted molar refractivity (Wildman–Crippen MR) is 116 cm³/mol. The van der Waals surface area contributed by atoms with Gasteiger partial charge in [0.05, 0.1) is 17.6 Å². The third-order valence-corrected chi connectivity index (χ3v) is 5.61. The van der Waals surface area contributed by atoms with E-state index < -0.39 is 33.8 Å². The number of hydrogen-bond donors (Lipinski definition) is 2. The number of halogens is 1. The molecular formula is C21H19FN4O6S. The van der Waals surface area contributed by atoms with Crippen molar-refractivity contribution in [1.82, 2.24) is 9.97 Å². The molecule has 1 aromatic heterocycles. The van der Waals surface area contributed by atoms with Gasteiger partial charge in [0, 0.05) is 18.1 Å². The van der Waals surface area contributed by atoms with Crippen molar-refractivity contribution in [3.63, 3.8) is 0 Å². The lowest BCUT2D eigenvalue weighted by molar-refractivity contribution is -0.123. The van der Waals surface area contributed by atoms with Crippen LogP contribution < -0.4 is 14.8 Å². The van der Waals surface area contributed by atoms with Crippen molar-refractivity contribution in [2.75, 3.05) is 17.1 Å². The number of ether oxygens (including phenoxy) is 2. The first-order valence-corrected chi connectivity index (χ1v) is 10.9. The van der Waals surface area contributed by atoms with Crippen LogP contribution in [0, 0.1) is 5.82 Å². The molecular weight excluding hydrogens is 455 g/mol. The number of amides is 1. The number of carbonyl (C=O) groups is 2. The first kappa shape index (κ1) is 23.6. The fourth-order valence-electron chi connectivity index (χ4n) is 2.57. The molecule has 0 saturated heterocycles. The summed E-state index contributed by atoms with van der Waals surface area (Å²) >= 11 is 0. The Bertz CT molecular complexity index is 1250. The zero-order chi connectivity index (χ0) is 24.0. The van der Waals surface area contributed by atoms with Crippen LogP contribution in [-0.2, 0) is 19.6 Å². The zero-order valence-corrected chi connectivity index (χ0v) is 18.3. The highest BCUT2D eigenvalue weighted by atomic mass is 32.2. The Morgan fingerprint density at radius 2 is 1.73 bits per heavy atom. The highest BCUT2D eigenvalue weighted by Gasteiger charge is 2.21. The molecule has 12 heteroatoms. The van der Waals surface area contributed by atoms with Crippen molar-refractivity contribution in [2.24, 2.45) is 0 Å². The molecule has 0 aliphatic rings. The standard InChI is InChI=1S/C21H19FN4O6S/c1-13(32-20(28)14-4-9-18(31-2)17(22)12-14)19(27)25-15-5-7-16(8-6-15)33(29,30)26-21-23-10-3-11-24-21/h3-13H,1-2H3,(H,25,27)(H,23,24,26)/t13-/m1/s1. The molecule has 3 aromatic rings. The first-order chi connectivity index (χ1) is 15.7. The summed E-state index contributed by atoms with van der Waals surface area (Å²) in [4.78, 5) is 32.0. The van der Waals surface area contributed by atoms with Crippen molar-refractivity contribution in [1.29, 1.82) is 0 Å². The van der Waals surface area contributed by atoms with Crippen LogP contribution in [0.2, 0.25) is 0 Å². The molecule has 0 fully saturated rings. The van der Waals surface area contributed by atoms with E-state index in [-0.39, 0.29) is 27.8 Å². The van der Waals surface area contributed by atoms with Crippen LogP contribution in [0.5, 0.6) is 5.75 Å². The third-order valence-electron chi connectivity index (χ3n) is 4.26. The predicted octanol–water partition coefficient (Wildman–Crippen LogP) is 2.61. The van der Waals surface area contributed by atoms with E-state index in [0.29, 0.717) is 0 Å². The Morgan fingerprint density at radius 3 is 2.33 bits per heavy atom. The molecule has 0 aliphatic carbocycles. The maximum absolute atomic E-state index is 13.8. The molecule has 0 spiro atoms. The van der Waals surface area contributed by atoms with Crippen molar-refractivity contribution in [3.05, 3.63) is 72.3 Å². The van der Waals surface area contributed by atoms with Gasteiger partial charge in [-0.05, 0) is 55.5 Å². The van der Waals surface area contributed by atoms with E-state index in [2.05, 4.69) is 20.0 Å². The van der Waals surface area contributed by atoms with Gasteiger partial charge in [0.1, 0.15) is 0 Å². The molecule has 1 amide bonds. The topological polar surface area (TPSA) is 137 Å². The van der Waals surface area contributed by atoms with Gasteiger partial charge in [-0.15, -0.1) is 0 Å². The van der Waals surface area contributed by atoms with Gasteiger partial charge in [0.15, 0.2) is 17.7 Å². The Balaban J connectivity index is 1.60. The quantitative estimate of drug-likeness (QED) is 0.476. The number of benzene rings is 2. The maximum atomic E-state index is 13.8. The molecule has 1 atom stereocenters. The first-order valence-electron chi connectivity index (χ1n) is 9.45. The summed E-state index contributed by atoms with van der Waals surface area (Å²) in [7, 11) is -2.64. The van der Waals surface area contributed by atoms with Crippen molar-refractivity contribution in [3.8, 4) is 5.75 Å². The SMILES string of the molecule is COc1ccc(C(=O)O[C@H](C)C(=O)Nc2ccc(S(=O)(=O)Nc3ncccn3)cc2)cc1F. The van der Waals surface area contributed by atoms with Crippen LogP contribution in [0.4, 0.5) is 16.0 Å². The van der Waals surface area contributed by atoms with E-state index in [0.717, 1.165) is 6.07 Å². The number of nitrogens with zero attached hydrogens (tertiary/aromatic N) is 2. The molecule has 172 valence electrons.